The molecule has 0 saturated carbocycles. The van der Waals surface area contributed by atoms with Crippen LogP contribution in [0.5, 0.6) is 5.75 Å². The van der Waals surface area contributed by atoms with Gasteiger partial charge in [0.1, 0.15) is 5.82 Å². The second-order valence-electron chi connectivity index (χ2n) is 5.42. The van der Waals surface area contributed by atoms with Crippen LogP contribution in [0, 0.1) is 25.5 Å². The summed E-state index contributed by atoms with van der Waals surface area (Å²) in [6.45, 7) is 3.61. The molecule has 124 valence electrons. The van der Waals surface area contributed by atoms with E-state index in [2.05, 4.69) is 4.98 Å². The third-order valence-corrected chi connectivity index (χ3v) is 4.07. The Balaban J connectivity index is 2.33. The van der Waals surface area contributed by atoms with Gasteiger partial charge in [-0.1, -0.05) is 17.7 Å². The van der Waals surface area contributed by atoms with Crippen molar-refractivity contribution in [3.8, 4) is 22.7 Å². The van der Waals surface area contributed by atoms with Crippen LogP contribution in [-0.2, 0) is 0 Å². The average molecular weight is 349 g/mol. The first-order chi connectivity index (χ1) is 11.4. The van der Waals surface area contributed by atoms with Crippen LogP contribution in [0.1, 0.15) is 11.3 Å². The highest BCUT2D eigenvalue weighted by Gasteiger charge is 2.24. The second-order valence-corrected chi connectivity index (χ2v) is 5.76. The number of ether oxygens (including phenoxy) is 1. The highest BCUT2D eigenvalue weighted by atomic mass is 35.5. The zero-order valence-electron chi connectivity index (χ0n) is 13.4. The number of aryl methyl sites for hydroxylation is 2. The molecule has 0 bridgehead atoms. The van der Waals surface area contributed by atoms with Crippen LogP contribution < -0.4 is 4.74 Å². The predicted molar refractivity (Wildman–Crippen MR) is 90.0 cm³/mol. The van der Waals surface area contributed by atoms with Crippen LogP contribution in [0.2, 0.25) is 5.28 Å². The summed E-state index contributed by atoms with van der Waals surface area (Å²) < 4.78 is 35.6. The van der Waals surface area contributed by atoms with E-state index in [0.29, 0.717) is 11.4 Å². The number of benzene rings is 2. The van der Waals surface area contributed by atoms with Crippen molar-refractivity contribution in [3.05, 3.63) is 64.6 Å². The average Bonchev–Trinajstić information content (AvgIpc) is 2.83. The zero-order chi connectivity index (χ0) is 17.4. The number of halogens is 3. The lowest BCUT2D eigenvalue weighted by molar-refractivity contribution is 0.385. The topological polar surface area (TPSA) is 27.1 Å². The van der Waals surface area contributed by atoms with Crippen molar-refractivity contribution in [2.24, 2.45) is 0 Å². The SMILES string of the molecule is COc1ccc(F)c(-c2c(C)nc(Cl)n2-c2ccc(C)cc2)c1F. The summed E-state index contributed by atoms with van der Waals surface area (Å²) >= 11 is 6.23. The van der Waals surface area contributed by atoms with E-state index >= 15 is 0 Å². The van der Waals surface area contributed by atoms with Gasteiger partial charge in [0.15, 0.2) is 11.6 Å². The predicted octanol–water partition coefficient (Wildman–Crippen LogP) is 5.10. The molecule has 0 atom stereocenters. The Labute approximate surface area is 143 Å². The molecule has 0 amide bonds. The third-order valence-electron chi connectivity index (χ3n) is 3.82. The van der Waals surface area contributed by atoms with Crippen molar-refractivity contribution in [1.29, 1.82) is 0 Å². The molecule has 0 aliphatic carbocycles. The summed E-state index contributed by atoms with van der Waals surface area (Å²) in [5.41, 5.74) is 2.20. The molecule has 0 saturated heterocycles. The van der Waals surface area contributed by atoms with Crippen molar-refractivity contribution < 1.29 is 13.5 Å². The zero-order valence-corrected chi connectivity index (χ0v) is 14.2. The first kappa shape index (κ1) is 16.5. The first-order valence-corrected chi connectivity index (χ1v) is 7.66. The molecule has 24 heavy (non-hydrogen) atoms. The maximum absolute atomic E-state index is 14.7. The van der Waals surface area contributed by atoms with Crippen LogP contribution >= 0.6 is 11.6 Å². The molecule has 6 heteroatoms. The lowest BCUT2D eigenvalue weighted by Crippen LogP contribution is -2.02. The molecule has 0 unspecified atom stereocenters. The fourth-order valence-electron chi connectivity index (χ4n) is 2.63. The van der Waals surface area contributed by atoms with E-state index in [9.17, 15) is 8.78 Å². The van der Waals surface area contributed by atoms with E-state index in [0.717, 1.165) is 11.6 Å². The van der Waals surface area contributed by atoms with E-state index in [-0.39, 0.29) is 22.3 Å². The fourth-order valence-corrected chi connectivity index (χ4v) is 2.93. The highest BCUT2D eigenvalue weighted by Crippen LogP contribution is 2.36. The minimum atomic E-state index is -0.787. The van der Waals surface area contributed by atoms with Crippen LogP contribution in [0.25, 0.3) is 16.9 Å². The van der Waals surface area contributed by atoms with Crippen LogP contribution in [-0.4, -0.2) is 16.7 Å². The molecule has 0 aliphatic rings. The number of methoxy groups -OCH3 is 1. The van der Waals surface area contributed by atoms with Crippen molar-refractivity contribution in [2.75, 3.05) is 7.11 Å². The Morgan fingerprint density at radius 1 is 1.04 bits per heavy atom. The third kappa shape index (κ3) is 2.65. The molecule has 1 heterocycles. The Bertz CT molecular complexity index is 904. The molecular weight excluding hydrogens is 334 g/mol. The molecule has 0 fully saturated rings. The quantitative estimate of drug-likeness (QED) is 0.658. The van der Waals surface area contributed by atoms with Gasteiger partial charge in [-0.3, -0.25) is 4.57 Å². The molecule has 1 aromatic heterocycles. The molecule has 3 rings (SSSR count). The van der Waals surface area contributed by atoms with E-state index < -0.39 is 11.6 Å². The molecular formula is C18H15ClF2N2O. The van der Waals surface area contributed by atoms with Gasteiger partial charge in [0, 0.05) is 5.69 Å². The fraction of sp³-hybridized carbons (Fsp3) is 0.167. The molecule has 3 aromatic rings. The summed E-state index contributed by atoms with van der Waals surface area (Å²) in [4.78, 5) is 4.18. The molecule has 0 spiro atoms. The Morgan fingerprint density at radius 3 is 2.33 bits per heavy atom. The smallest absolute Gasteiger partial charge is 0.208 e. The van der Waals surface area contributed by atoms with Crippen LogP contribution in [0.15, 0.2) is 36.4 Å². The number of aromatic nitrogens is 2. The minimum absolute atomic E-state index is 0.0430. The number of hydrogen-bond donors (Lipinski definition) is 0. The van der Waals surface area contributed by atoms with Gasteiger partial charge in [0.05, 0.1) is 24.1 Å². The number of nitrogens with zero attached hydrogens (tertiary/aromatic N) is 2. The summed E-state index contributed by atoms with van der Waals surface area (Å²) in [6.07, 6.45) is 0. The number of hydrogen-bond acceptors (Lipinski definition) is 2. The van der Waals surface area contributed by atoms with Gasteiger partial charge in [0.2, 0.25) is 5.28 Å². The van der Waals surface area contributed by atoms with E-state index in [1.807, 2.05) is 31.2 Å². The van der Waals surface area contributed by atoms with Crippen molar-refractivity contribution >= 4 is 11.6 Å². The lowest BCUT2D eigenvalue weighted by atomic mass is 10.1. The number of rotatable bonds is 3. The Kier molecular flexibility index (Phi) is 4.28. The summed E-state index contributed by atoms with van der Waals surface area (Å²) in [5, 5.41) is 0.132. The highest BCUT2D eigenvalue weighted by molar-refractivity contribution is 6.29. The summed E-state index contributed by atoms with van der Waals surface area (Å²) in [6, 6.07) is 9.84. The summed E-state index contributed by atoms with van der Waals surface area (Å²) in [7, 11) is 1.33. The molecule has 3 nitrogen and oxygen atoms in total. The van der Waals surface area contributed by atoms with Gasteiger partial charge in [-0.25, -0.2) is 13.8 Å². The van der Waals surface area contributed by atoms with Crippen molar-refractivity contribution in [2.45, 2.75) is 13.8 Å². The van der Waals surface area contributed by atoms with Gasteiger partial charge >= 0.3 is 0 Å². The van der Waals surface area contributed by atoms with E-state index in [1.54, 1.807) is 6.92 Å². The van der Waals surface area contributed by atoms with Crippen LogP contribution in [0.4, 0.5) is 8.78 Å². The molecule has 0 aliphatic heterocycles. The first-order valence-electron chi connectivity index (χ1n) is 7.28. The standard InChI is InChI=1S/C18H15ClF2N2O/c1-10-4-6-12(7-5-10)23-17(11(2)22-18(23)19)15-13(20)8-9-14(24-3)16(15)21/h4-9H,1-3H3. The molecule has 2 aromatic carbocycles. The van der Waals surface area contributed by atoms with Gasteiger partial charge in [0.25, 0.3) is 0 Å². The van der Waals surface area contributed by atoms with Gasteiger partial charge < -0.3 is 4.74 Å². The normalized spacial score (nSPS) is 10.9. The van der Waals surface area contributed by atoms with Crippen molar-refractivity contribution in [1.82, 2.24) is 9.55 Å². The molecule has 0 radical (unpaired) electrons. The van der Waals surface area contributed by atoms with Gasteiger partial charge in [-0.15, -0.1) is 0 Å². The van der Waals surface area contributed by atoms with Crippen molar-refractivity contribution in [3.63, 3.8) is 0 Å². The largest absolute Gasteiger partial charge is 0.494 e. The lowest BCUT2D eigenvalue weighted by Gasteiger charge is -2.14. The maximum Gasteiger partial charge on any atom is 0.208 e. The van der Waals surface area contributed by atoms with Gasteiger partial charge in [-0.2, -0.15) is 0 Å². The Hall–Kier alpha value is -2.40. The monoisotopic (exact) mass is 348 g/mol. The maximum atomic E-state index is 14.7. The molecule has 0 N–H and O–H groups in total. The second kappa shape index (κ2) is 6.24. The minimum Gasteiger partial charge on any atom is -0.494 e. The van der Waals surface area contributed by atoms with E-state index in [1.165, 1.54) is 17.7 Å². The summed E-state index contributed by atoms with van der Waals surface area (Å²) in [5.74, 6) is -1.54. The van der Waals surface area contributed by atoms with E-state index in [4.69, 9.17) is 16.3 Å². The van der Waals surface area contributed by atoms with Crippen LogP contribution in [0.3, 0.4) is 0 Å². The van der Waals surface area contributed by atoms with Gasteiger partial charge in [-0.05, 0) is 49.7 Å². The number of imidazole rings is 1. The Morgan fingerprint density at radius 2 is 1.71 bits per heavy atom.